The predicted molar refractivity (Wildman–Crippen MR) is 122 cm³/mol. The second-order valence-corrected chi connectivity index (χ2v) is 7.72. The summed E-state index contributed by atoms with van der Waals surface area (Å²) in [5, 5.41) is 5.68. The van der Waals surface area contributed by atoms with Crippen molar-refractivity contribution in [2.45, 2.75) is 24.9 Å². The van der Waals surface area contributed by atoms with Gasteiger partial charge < -0.3 is 19.9 Å². The number of imidazole rings is 1. The number of ether oxygens (including phenoxy) is 1. The molecule has 4 amide bonds. The van der Waals surface area contributed by atoms with Gasteiger partial charge in [0.25, 0.3) is 5.91 Å². The van der Waals surface area contributed by atoms with E-state index in [1.165, 1.54) is 0 Å². The standard InChI is InChI=1S/C24H25N5O4/c1-28-15-14-25-22(28)21(16-6-4-3-5-7-16)27-20(30)13-12-19-23(31)29(24(32)26-19)17-8-10-18(33-2)11-9-17/h3-11,14-15,19,21H,12-13H2,1-2H3,(H,26,32)(H,27,30)/t19-,21-/m0/s1. The van der Waals surface area contributed by atoms with E-state index in [1.54, 1.807) is 37.6 Å². The Kier molecular flexibility index (Phi) is 6.39. The molecule has 1 saturated heterocycles. The fourth-order valence-corrected chi connectivity index (χ4v) is 3.81. The number of imide groups is 1. The van der Waals surface area contributed by atoms with Gasteiger partial charge in [-0.05, 0) is 36.2 Å². The molecule has 0 unspecified atom stereocenters. The molecule has 4 rings (SSSR count). The zero-order valence-corrected chi connectivity index (χ0v) is 18.4. The Labute approximate surface area is 191 Å². The minimum atomic E-state index is -0.770. The molecule has 0 spiro atoms. The van der Waals surface area contributed by atoms with Crippen LogP contribution in [-0.4, -0.2) is 40.5 Å². The SMILES string of the molecule is COc1ccc(N2C(=O)N[C@@H](CCC(=O)N[C@@H](c3ccccc3)c3nccn3C)C2=O)cc1. The first-order valence-electron chi connectivity index (χ1n) is 10.6. The van der Waals surface area contributed by atoms with Crippen molar-refractivity contribution in [3.05, 3.63) is 78.4 Å². The van der Waals surface area contributed by atoms with Crippen LogP contribution in [0.15, 0.2) is 67.0 Å². The highest BCUT2D eigenvalue weighted by molar-refractivity contribution is 6.21. The van der Waals surface area contributed by atoms with Crippen LogP contribution in [0.3, 0.4) is 0 Å². The Morgan fingerprint density at radius 2 is 1.88 bits per heavy atom. The number of carbonyl (C=O) groups is 3. The summed E-state index contributed by atoms with van der Waals surface area (Å²) in [6, 6.07) is 14.5. The van der Waals surface area contributed by atoms with Gasteiger partial charge in [-0.25, -0.2) is 14.7 Å². The normalized spacial score (nSPS) is 16.4. The van der Waals surface area contributed by atoms with Crippen LogP contribution < -0.4 is 20.3 Å². The smallest absolute Gasteiger partial charge is 0.329 e. The molecule has 0 saturated carbocycles. The van der Waals surface area contributed by atoms with Gasteiger partial charge in [0.2, 0.25) is 5.91 Å². The van der Waals surface area contributed by atoms with Crippen LogP contribution in [0, 0.1) is 0 Å². The van der Waals surface area contributed by atoms with Crippen molar-refractivity contribution in [2.75, 3.05) is 12.0 Å². The largest absolute Gasteiger partial charge is 0.497 e. The maximum Gasteiger partial charge on any atom is 0.329 e. The number of carbonyl (C=O) groups excluding carboxylic acids is 3. The van der Waals surface area contributed by atoms with Crippen LogP contribution >= 0.6 is 0 Å². The van der Waals surface area contributed by atoms with Gasteiger partial charge in [0.05, 0.1) is 12.8 Å². The zero-order valence-electron chi connectivity index (χ0n) is 18.4. The Hall–Kier alpha value is -4.14. The average Bonchev–Trinajstić information content (AvgIpc) is 3.38. The maximum absolute atomic E-state index is 12.8. The molecule has 1 aliphatic heterocycles. The molecule has 2 heterocycles. The van der Waals surface area contributed by atoms with Gasteiger partial charge in [0, 0.05) is 25.9 Å². The summed E-state index contributed by atoms with van der Waals surface area (Å²) in [5.41, 5.74) is 1.35. The molecule has 1 fully saturated rings. The quantitative estimate of drug-likeness (QED) is 0.517. The van der Waals surface area contributed by atoms with Crippen molar-refractivity contribution in [3.63, 3.8) is 0 Å². The second kappa shape index (κ2) is 9.56. The lowest BCUT2D eigenvalue weighted by molar-refractivity contribution is -0.122. The summed E-state index contributed by atoms with van der Waals surface area (Å²) < 4.78 is 6.97. The summed E-state index contributed by atoms with van der Waals surface area (Å²) in [7, 11) is 3.41. The summed E-state index contributed by atoms with van der Waals surface area (Å²) in [5.74, 6) is 0.698. The van der Waals surface area contributed by atoms with Crippen molar-refractivity contribution in [1.29, 1.82) is 0 Å². The first-order valence-corrected chi connectivity index (χ1v) is 10.6. The van der Waals surface area contributed by atoms with E-state index in [1.807, 2.05) is 48.1 Å². The molecule has 2 atom stereocenters. The number of nitrogens with zero attached hydrogens (tertiary/aromatic N) is 3. The number of amides is 4. The lowest BCUT2D eigenvalue weighted by Crippen LogP contribution is -2.34. The first kappa shape index (κ1) is 22.1. The van der Waals surface area contributed by atoms with Gasteiger partial charge in [0.1, 0.15) is 23.7 Å². The number of aromatic nitrogens is 2. The highest BCUT2D eigenvalue weighted by Crippen LogP contribution is 2.24. The summed E-state index contributed by atoms with van der Waals surface area (Å²) in [6.45, 7) is 0. The number of urea groups is 1. The van der Waals surface area contributed by atoms with E-state index in [0.29, 0.717) is 17.3 Å². The summed E-state index contributed by atoms with van der Waals surface area (Å²) in [4.78, 5) is 43.5. The number of methoxy groups -OCH3 is 1. The van der Waals surface area contributed by atoms with E-state index < -0.39 is 18.1 Å². The number of anilines is 1. The van der Waals surface area contributed by atoms with E-state index in [2.05, 4.69) is 15.6 Å². The Bertz CT molecular complexity index is 1140. The zero-order chi connectivity index (χ0) is 23.4. The maximum atomic E-state index is 12.8. The van der Waals surface area contributed by atoms with Crippen LogP contribution in [0.2, 0.25) is 0 Å². The number of hydrogen-bond donors (Lipinski definition) is 2. The average molecular weight is 447 g/mol. The molecule has 0 radical (unpaired) electrons. The molecule has 1 aliphatic rings. The third-order valence-electron chi connectivity index (χ3n) is 5.56. The number of rotatable bonds is 8. The lowest BCUT2D eigenvalue weighted by Gasteiger charge is -2.19. The van der Waals surface area contributed by atoms with Crippen LogP contribution in [0.25, 0.3) is 0 Å². The molecule has 9 nitrogen and oxygen atoms in total. The molecular formula is C24H25N5O4. The molecular weight excluding hydrogens is 422 g/mol. The van der Waals surface area contributed by atoms with Crippen molar-refractivity contribution in [2.24, 2.45) is 7.05 Å². The Balaban J connectivity index is 1.41. The topological polar surface area (TPSA) is 106 Å². The van der Waals surface area contributed by atoms with E-state index in [0.717, 1.165) is 10.5 Å². The fraction of sp³-hybridized carbons (Fsp3) is 0.250. The van der Waals surface area contributed by atoms with E-state index in [9.17, 15) is 14.4 Å². The van der Waals surface area contributed by atoms with Crippen molar-refractivity contribution in [1.82, 2.24) is 20.2 Å². The third-order valence-corrected chi connectivity index (χ3v) is 5.56. The fourth-order valence-electron chi connectivity index (χ4n) is 3.81. The molecule has 33 heavy (non-hydrogen) atoms. The van der Waals surface area contributed by atoms with Gasteiger partial charge >= 0.3 is 6.03 Å². The van der Waals surface area contributed by atoms with Crippen molar-refractivity contribution >= 4 is 23.5 Å². The number of benzene rings is 2. The van der Waals surface area contributed by atoms with E-state index in [4.69, 9.17) is 4.74 Å². The van der Waals surface area contributed by atoms with Crippen molar-refractivity contribution < 1.29 is 19.1 Å². The number of hydrogen-bond acceptors (Lipinski definition) is 5. The molecule has 2 aromatic carbocycles. The van der Waals surface area contributed by atoms with Gasteiger partial charge in [-0.3, -0.25) is 9.59 Å². The highest BCUT2D eigenvalue weighted by Gasteiger charge is 2.39. The molecule has 9 heteroatoms. The Morgan fingerprint density at radius 3 is 2.52 bits per heavy atom. The van der Waals surface area contributed by atoms with Crippen LogP contribution in [0.4, 0.5) is 10.5 Å². The van der Waals surface area contributed by atoms with Crippen LogP contribution in [0.5, 0.6) is 5.75 Å². The summed E-state index contributed by atoms with van der Waals surface area (Å²) in [6.07, 6.45) is 3.75. The molecule has 0 bridgehead atoms. The van der Waals surface area contributed by atoms with E-state index in [-0.39, 0.29) is 24.7 Å². The van der Waals surface area contributed by atoms with Crippen molar-refractivity contribution in [3.8, 4) is 5.75 Å². The minimum absolute atomic E-state index is 0.0703. The minimum Gasteiger partial charge on any atom is -0.497 e. The molecule has 3 aromatic rings. The molecule has 0 aliphatic carbocycles. The van der Waals surface area contributed by atoms with Gasteiger partial charge in [-0.2, -0.15) is 0 Å². The van der Waals surface area contributed by atoms with Gasteiger partial charge in [-0.1, -0.05) is 30.3 Å². The molecule has 170 valence electrons. The van der Waals surface area contributed by atoms with Gasteiger partial charge in [0.15, 0.2) is 0 Å². The highest BCUT2D eigenvalue weighted by atomic mass is 16.5. The van der Waals surface area contributed by atoms with E-state index >= 15 is 0 Å². The predicted octanol–water partition coefficient (Wildman–Crippen LogP) is 2.54. The first-order chi connectivity index (χ1) is 16.0. The monoisotopic (exact) mass is 447 g/mol. The summed E-state index contributed by atoms with van der Waals surface area (Å²) >= 11 is 0. The lowest BCUT2D eigenvalue weighted by atomic mass is 10.1. The van der Waals surface area contributed by atoms with Crippen LogP contribution in [-0.2, 0) is 16.6 Å². The van der Waals surface area contributed by atoms with Gasteiger partial charge in [-0.15, -0.1) is 0 Å². The molecule has 2 N–H and O–H groups in total. The third kappa shape index (κ3) is 4.72. The molecule has 1 aromatic heterocycles. The Morgan fingerprint density at radius 1 is 1.15 bits per heavy atom. The second-order valence-electron chi connectivity index (χ2n) is 7.72. The number of aryl methyl sites for hydroxylation is 1. The van der Waals surface area contributed by atoms with Crippen LogP contribution in [0.1, 0.15) is 30.3 Å². The number of nitrogens with one attached hydrogen (secondary N) is 2.